The number of hydrogen-bond donors (Lipinski definition) is 2. The molecule has 20 heavy (non-hydrogen) atoms. The molecular formula is C15H16FNO3. The van der Waals surface area contributed by atoms with Gasteiger partial charge in [0, 0.05) is 5.56 Å². The molecule has 5 heteroatoms. The summed E-state index contributed by atoms with van der Waals surface area (Å²) in [5.74, 6) is 4.02. The smallest absolute Gasteiger partial charge is 0.229 e. The first-order chi connectivity index (χ1) is 9.60. The van der Waals surface area contributed by atoms with Crippen LogP contribution in [0.5, 0.6) is 0 Å². The fourth-order valence-corrected chi connectivity index (χ4v) is 2.07. The normalized spacial score (nSPS) is 21.1. The highest BCUT2D eigenvalue weighted by molar-refractivity contribution is 5.93. The predicted octanol–water partition coefficient (Wildman–Crippen LogP) is 1.53. The van der Waals surface area contributed by atoms with Crippen LogP contribution in [0, 0.1) is 23.6 Å². The molecule has 0 aromatic heterocycles. The van der Waals surface area contributed by atoms with E-state index in [9.17, 15) is 9.18 Å². The Morgan fingerprint density at radius 2 is 2.40 bits per heavy atom. The zero-order valence-electron chi connectivity index (χ0n) is 11.1. The van der Waals surface area contributed by atoms with Crippen molar-refractivity contribution in [2.75, 3.05) is 18.5 Å². The molecule has 0 radical (unpaired) electrons. The lowest BCUT2D eigenvalue weighted by Crippen LogP contribution is -2.23. The second-order valence-corrected chi connectivity index (χ2v) is 4.72. The third kappa shape index (κ3) is 3.56. The molecule has 2 atom stereocenters. The second kappa shape index (κ2) is 6.51. The monoisotopic (exact) mass is 277 g/mol. The van der Waals surface area contributed by atoms with Gasteiger partial charge in [0.25, 0.3) is 0 Å². The van der Waals surface area contributed by atoms with E-state index in [1.165, 1.54) is 12.1 Å². The van der Waals surface area contributed by atoms with Gasteiger partial charge in [-0.05, 0) is 31.5 Å². The highest BCUT2D eigenvalue weighted by Crippen LogP contribution is 2.22. The number of aliphatic hydroxyl groups excluding tert-OH is 1. The number of benzene rings is 1. The quantitative estimate of drug-likeness (QED) is 0.806. The van der Waals surface area contributed by atoms with Crippen LogP contribution in [0.2, 0.25) is 0 Å². The van der Waals surface area contributed by atoms with Crippen molar-refractivity contribution in [3.05, 3.63) is 29.6 Å². The summed E-state index contributed by atoms with van der Waals surface area (Å²) in [6, 6.07) is 4.29. The van der Waals surface area contributed by atoms with E-state index in [4.69, 9.17) is 9.84 Å². The summed E-state index contributed by atoms with van der Waals surface area (Å²) in [5.41, 5.74) is 0.580. The van der Waals surface area contributed by atoms with E-state index < -0.39 is 5.82 Å². The second-order valence-electron chi connectivity index (χ2n) is 4.72. The fraction of sp³-hybridized carbons (Fsp3) is 0.400. The van der Waals surface area contributed by atoms with Crippen molar-refractivity contribution in [2.24, 2.45) is 5.92 Å². The average molecular weight is 277 g/mol. The van der Waals surface area contributed by atoms with Gasteiger partial charge in [0.1, 0.15) is 12.4 Å². The van der Waals surface area contributed by atoms with Crippen molar-refractivity contribution in [1.82, 2.24) is 0 Å². The third-order valence-corrected chi connectivity index (χ3v) is 3.11. The number of hydrogen-bond acceptors (Lipinski definition) is 3. The first-order valence-corrected chi connectivity index (χ1v) is 6.42. The Morgan fingerprint density at radius 1 is 1.60 bits per heavy atom. The van der Waals surface area contributed by atoms with E-state index in [1.54, 1.807) is 6.07 Å². The summed E-state index contributed by atoms with van der Waals surface area (Å²) >= 11 is 0. The lowest BCUT2D eigenvalue weighted by Gasteiger charge is -2.10. The number of halogens is 1. The van der Waals surface area contributed by atoms with E-state index in [1.807, 2.05) is 6.92 Å². The lowest BCUT2D eigenvalue weighted by molar-refractivity contribution is -0.119. The number of ether oxygens (including phenoxy) is 1. The average Bonchev–Trinajstić information content (AvgIpc) is 2.86. The molecule has 106 valence electrons. The van der Waals surface area contributed by atoms with E-state index >= 15 is 0 Å². The topological polar surface area (TPSA) is 58.6 Å². The van der Waals surface area contributed by atoms with Crippen LogP contribution in [0.1, 0.15) is 18.9 Å². The summed E-state index contributed by atoms with van der Waals surface area (Å²) in [7, 11) is 0. The molecule has 0 bridgehead atoms. The lowest BCUT2D eigenvalue weighted by atomic mass is 10.1. The van der Waals surface area contributed by atoms with Crippen molar-refractivity contribution < 1.29 is 19.0 Å². The Kier molecular flexibility index (Phi) is 4.72. The highest BCUT2D eigenvalue weighted by atomic mass is 19.1. The minimum absolute atomic E-state index is 0.0618. The molecule has 2 N–H and O–H groups in total. The van der Waals surface area contributed by atoms with Crippen LogP contribution in [-0.2, 0) is 9.53 Å². The third-order valence-electron chi connectivity index (χ3n) is 3.11. The Bertz CT molecular complexity index is 562. The molecule has 1 saturated heterocycles. The zero-order valence-corrected chi connectivity index (χ0v) is 11.1. The van der Waals surface area contributed by atoms with Crippen LogP contribution in [0.3, 0.4) is 0 Å². The van der Waals surface area contributed by atoms with Crippen molar-refractivity contribution in [2.45, 2.75) is 19.4 Å². The van der Waals surface area contributed by atoms with Crippen molar-refractivity contribution in [3.8, 4) is 11.8 Å². The number of aliphatic hydroxyl groups is 1. The van der Waals surface area contributed by atoms with Crippen LogP contribution < -0.4 is 5.32 Å². The largest absolute Gasteiger partial charge is 0.384 e. The van der Waals surface area contributed by atoms with Gasteiger partial charge >= 0.3 is 0 Å². The standard InChI is InChI=1S/C15H16FNO3/c1-10-7-12(9-20-10)15(19)17-14-5-4-11(3-2-6-18)8-13(14)16/h4-5,8,10,12,18H,6-7,9H2,1H3,(H,17,19). The summed E-state index contributed by atoms with van der Waals surface area (Å²) in [6.07, 6.45) is 0.708. The maximum Gasteiger partial charge on any atom is 0.229 e. The molecule has 1 aromatic rings. The molecule has 1 aliphatic heterocycles. The molecule has 1 fully saturated rings. The first kappa shape index (κ1) is 14.5. The Balaban J connectivity index is 2.04. The molecule has 1 heterocycles. The van der Waals surface area contributed by atoms with E-state index in [2.05, 4.69) is 17.2 Å². The molecule has 1 aliphatic rings. The van der Waals surface area contributed by atoms with E-state index in [-0.39, 0.29) is 30.2 Å². The van der Waals surface area contributed by atoms with Crippen LogP contribution >= 0.6 is 0 Å². The van der Waals surface area contributed by atoms with Crippen LogP contribution in [0.15, 0.2) is 18.2 Å². The summed E-state index contributed by atoms with van der Waals surface area (Å²) in [6.45, 7) is 2.00. The van der Waals surface area contributed by atoms with Gasteiger partial charge in [0.2, 0.25) is 5.91 Å². The van der Waals surface area contributed by atoms with Crippen molar-refractivity contribution in [3.63, 3.8) is 0 Å². The minimum atomic E-state index is -0.546. The molecule has 1 amide bonds. The molecule has 4 nitrogen and oxygen atoms in total. The number of anilines is 1. The fourth-order valence-electron chi connectivity index (χ4n) is 2.07. The van der Waals surface area contributed by atoms with Gasteiger partial charge in [0.05, 0.1) is 24.3 Å². The molecule has 0 spiro atoms. The highest BCUT2D eigenvalue weighted by Gasteiger charge is 2.28. The number of carbonyl (C=O) groups excluding carboxylic acids is 1. The van der Waals surface area contributed by atoms with E-state index in [0.717, 1.165) is 0 Å². The predicted molar refractivity (Wildman–Crippen MR) is 72.5 cm³/mol. The molecule has 2 rings (SSSR count). The van der Waals surface area contributed by atoms with Gasteiger partial charge < -0.3 is 15.2 Å². The molecular weight excluding hydrogens is 261 g/mol. The summed E-state index contributed by atoms with van der Waals surface area (Å²) < 4.78 is 19.1. The Morgan fingerprint density at radius 3 is 3.00 bits per heavy atom. The van der Waals surface area contributed by atoms with Crippen molar-refractivity contribution in [1.29, 1.82) is 0 Å². The van der Waals surface area contributed by atoms with Gasteiger partial charge in [-0.3, -0.25) is 4.79 Å². The van der Waals surface area contributed by atoms with Gasteiger partial charge in [-0.15, -0.1) is 0 Å². The number of carbonyl (C=O) groups is 1. The first-order valence-electron chi connectivity index (χ1n) is 6.42. The van der Waals surface area contributed by atoms with Crippen molar-refractivity contribution >= 4 is 11.6 Å². The van der Waals surface area contributed by atoms with E-state index in [0.29, 0.717) is 18.6 Å². The van der Waals surface area contributed by atoms with Crippen LogP contribution in [0.4, 0.5) is 10.1 Å². The van der Waals surface area contributed by atoms with Crippen LogP contribution in [-0.4, -0.2) is 30.3 Å². The van der Waals surface area contributed by atoms with Gasteiger partial charge in [-0.1, -0.05) is 11.8 Å². The van der Waals surface area contributed by atoms with Gasteiger partial charge in [-0.25, -0.2) is 4.39 Å². The maximum absolute atomic E-state index is 13.8. The van der Waals surface area contributed by atoms with Gasteiger partial charge in [0.15, 0.2) is 0 Å². The Labute approximate surface area is 116 Å². The van der Waals surface area contributed by atoms with Crippen LogP contribution in [0.25, 0.3) is 0 Å². The SMILES string of the molecule is CC1CC(C(=O)Nc2ccc(C#CCO)cc2F)CO1. The number of nitrogens with one attached hydrogen (secondary N) is 1. The Hall–Kier alpha value is -1.90. The summed E-state index contributed by atoms with van der Waals surface area (Å²) in [4.78, 5) is 12.0. The molecule has 2 unspecified atom stereocenters. The van der Waals surface area contributed by atoms with Gasteiger partial charge in [-0.2, -0.15) is 0 Å². The molecule has 0 aliphatic carbocycles. The molecule has 1 aromatic carbocycles. The number of rotatable bonds is 2. The summed E-state index contributed by atoms with van der Waals surface area (Å²) in [5, 5.41) is 11.1. The zero-order chi connectivity index (χ0) is 14.5. The minimum Gasteiger partial charge on any atom is -0.384 e. The maximum atomic E-state index is 13.8. The number of amides is 1. The molecule has 0 saturated carbocycles.